The molecule has 134 valence electrons. The van der Waals surface area contributed by atoms with Crippen molar-refractivity contribution in [2.75, 3.05) is 80.3 Å². The first-order chi connectivity index (χ1) is 10.8. The summed E-state index contributed by atoms with van der Waals surface area (Å²) in [6.07, 6.45) is -1.59. The van der Waals surface area contributed by atoms with Gasteiger partial charge in [0.05, 0.1) is 66.1 Å². The first-order valence-corrected chi connectivity index (χ1v) is 7.37. The zero-order valence-corrected chi connectivity index (χ0v) is 13.6. The second-order valence-corrected chi connectivity index (χ2v) is 4.44. The van der Waals surface area contributed by atoms with Gasteiger partial charge >= 0.3 is 0 Å². The van der Waals surface area contributed by atoms with E-state index in [1.807, 2.05) is 0 Å². The van der Waals surface area contributed by atoms with Crippen LogP contribution in [0.5, 0.6) is 0 Å². The fourth-order valence-electron chi connectivity index (χ4n) is 1.46. The number of hydrogen-bond donors (Lipinski definition) is 2. The van der Waals surface area contributed by atoms with E-state index in [1.165, 1.54) is 0 Å². The lowest BCUT2D eigenvalue weighted by molar-refractivity contribution is -0.104. The zero-order valence-electron chi connectivity index (χ0n) is 13.6. The minimum Gasteiger partial charge on any atom is -0.394 e. The van der Waals surface area contributed by atoms with E-state index in [1.54, 1.807) is 14.2 Å². The average molecular weight is 326 g/mol. The van der Waals surface area contributed by atoms with Crippen LogP contribution >= 0.6 is 0 Å². The van der Waals surface area contributed by atoms with Gasteiger partial charge in [0, 0.05) is 14.2 Å². The van der Waals surface area contributed by atoms with Gasteiger partial charge in [0.15, 0.2) is 0 Å². The van der Waals surface area contributed by atoms with E-state index in [9.17, 15) is 10.2 Å². The molecule has 0 heterocycles. The SMILES string of the molecule is COCCOCCOCC(O)C(CO)OCCOCCOC. The molecule has 0 saturated heterocycles. The van der Waals surface area contributed by atoms with Crippen LogP contribution in [0.15, 0.2) is 0 Å². The highest BCUT2D eigenvalue weighted by molar-refractivity contribution is 4.67. The number of aliphatic hydroxyl groups is 2. The van der Waals surface area contributed by atoms with Crippen molar-refractivity contribution >= 4 is 0 Å². The van der Waals surface area contributed by atoms with Gasteiger partial charge in [-0.1, -0.05) is 0 Å². The molecule has 0 spiro atoms. The molecule has 8 heteroatoms. The molecule has 8 nitrogen and oxygen atoms in total. The molecular formula is C14H30O8. The molecule has 2 unspecified atom stereocenters. The van der Waals surface area contributed by atoms with Gasteiger partial charge in [-0.05, 0) is 0 Å². The van der Waals surface area contributed by atoms with Crippen molar-refractivity contribution in [1.82, 2.24) is 0 Å². The van der Waals surface area contributed by atoms with Gasteiger partial charge in [-0.15, -0.1) is 0 Å². The van der Waals surface area contributed by atoms with E-state index in [0.717, 1.165) is 0 Å². The Morgan fingerprint density at radius 3 is 1.77 bits per heavy atom. The number of methoxy groups -OCH3 is 2. The third-order valence-corrected chi connectivity index (χ3v) is 2.69. The van der Waals surface area contributed by atoms with Gasteiger partial charge in [-0.2, -0.15) is 0 Å². The molecule has 22 heavy (non-hydrogen) atoms. The normalized spacial score (nSPS) is 14.2. The van der Waals surface area contributed by atoms with Crippen LogP contribution in [-0.2, 0) is 28.4 Å². The minimum absolute atomic E-state index is 0.0728. The fourth-order valence-corrected chi connectivity index (χ4v) is 1.46. The van der Waals surface area contributed by atoms with Crippen molar-refractivity contribution in [2.24, 2.45) is 0 Å². The Kier molecular flexibility index (Phi) is 16.8. The molecule has 0 bridgehead atoms. The first kappa shape index (κ1) is 21.7. The Balaban J connectivity index is 3.53. The maximum absolute atomic E-state index is 9.86. The summed E-state index contributed by atoms with van der Waals surface area (Å²) in [7, 11) is 3.20. The minimum atomic E-state index is -0.900. The van der Waals surface area contributed by atoms with E-state index >= 15 is 0 Å². The lowest BCUT2D eigenvalue weighted by atomic mass is 10.2. The lowest BCUT2D eigenvalue weighted by Gasteiger charge is -2.21. The Morgan fingerprint density at radius 2 is 1.23 bits per heavy atom. The van der Waals surface area contributed by atoms with Crippen molar-refractivity contribution in [1.29, 1.82) is 0 Å². The third-order valence-electron chi connectivity index (χ3n) is 2.69. The van der Waals surface area contributed by atoms with Crippen LogP contribution in [-0.4, -0.2) is 103 Å². The van der Waals surface area contributed by atoms with Crippen LogP contribution in [0, 0.1) is 0 Å². The van der Waals surface area contributed by atoms with Crippen LogP contribution in [0.2, 0.25) is 0 Å². The van der Waals surface area contributed by atoms with Gasteiger partial charge in [0.1, 0.15) is 12.2 Å². The third kappa shape index (κ3) is 13.4. The van der Waals surface area contributed by atoms with Crippen LogP contribution in [0.1, 0.15) is 0 Å². The predicted octanol–water partition coefficient (Wildman–Crippen LogP) is -0.933. The average Bonchev–Trinajstić information content (AvgIpc) is 2.53. The first-order valence-electron chi connectivity index (χ1n) is 7.37. The molecule has 0 aliphatic rings. The molecule has 0 aliphatic heterocycles. The number of aliphatic hydroxyl groups excluding tert-OH is 2. The molecule has 0 fully saturated rings. The van der Waals surface area contributed by atoms with Crippen LogP contribution < -0.4 is 0 Å². The molecular weight excluding hydrogens is 296 g/mol. The molecule has 2 atom stereocenters. The molecule has 0 aromatic heterocycles. The van der Waals surface area contributed by atoms with Crippen molar-refractivity contribution in [2.45, 2.75) is 12.2 Å². The number of ether oxygens (including phenoxy) is 6. The summed E-state index contributed by atoms with van der Waals surface area (Å²) in [6.45, 7) is 3.28. The van der Waals surface area contributed by atoms with E-state index in [2.05, 4.69) is 0 Å². The molecule has 0 aliphatic carbocycles. The topological polar surface area (TPSA) is 95.8 Å². The Hall–Kier alpha value is -0.320. The molecule has 0 aromatic rings. The highest BCUT2D eigenvalue weighted by Gasteiger charge is 2.19. The second-order valence-electron chi connectivity index (χ2n) is 4.44. The Bertz CT molecular complexity index is 217. The van der Waals surface area contributed by atoms with Crippen LogP contribution in [0.25, 0.3) is 0 Å². The number of hydrogen-bond acceptors (Lipinski definition) is 8. The van der Waals surface area contributed by atoms with Gasteiger partial charge in [-0.3, -0.25) is 0 Å². The maximum Gasteiger partial charge on any atom is 0.109 e. The molecule has 0 radical (unpaired) electrons. The summed E-state index contributed by atoms with van der Waals surface area (Å²) in [4.78, 5) is 0. The molecule has 2 N–H and O–H groups in total. The van der Waals surface area contributed by atoms with Crippen LogP contribution in [0.4, 0.5) is 0 Å². The second kappa shape index (κ2) is 17.0. The highest BCUT2D eigenvalue weighted by atomic mass is 16.6. The Labute approximate surface area is 132 Å². The highest BCUT2D eigenvalue weighted by Crippen LogP contribution is 2.00. The van der Waals surface area contributed by atoms with Gasteiger partial charge in [-0.25, -0.2) is 0 Å². The smallest absolute Gasteiger partial charge is 0.109 e. The van der Waals surface area contributed by atoms with Gasteiger partial charge in [0.2, 0.25) is 0 Å². The molecule has 0 aromatic carbocycles. The fraction of sp³-hybridized carbons (Fsp3) is 1.00. The van der Waals surface area contributed by atoms with Gasteiger partial charge < -0.3 is 38.6 Å². The standard InChI is InChI=1S/C14H30O8/c1-17-3-5-19-7-8-21-12-13(16)14(11-15)22-10-9-20-6-4-18-2/h13-16H,3-12H2,1-2H3. The van der Waals surface area contributed by atoms with Crippen molar-refractivity contribution in [3.63, 3.8) is 0 Å². The van der Waals surface area contributed by atoms with E-state index in [4.69, 9.17) is 28.4 Å². The quantitative estimate of drug-likeness (QED) is 0.331. The lowest BCUT2D eigenvalue weighted by Crippen LogP contribution is -2.37. The molecule has 0 amide bonds. The maximum atomic E-state index is 9.86. The van der Waals surface area contributed by atoms with Crippen molar-refractivity contribution < 1.29 is 38.6 Å². The summed E-state index contributed by atoms with van der Waals surface area (Å²) in [5.74, 6) is 0. The monoisotopic (exact) mass is 326 g/mol. The van der Waals surface area contributed by atoms with Crippen molar-refractivity contribution in [3.05, 3.63) is 0 Å². The van der Waals surface area contributed by atoms with E-state index in [0.29, 0.717) is 46.2 Å². The van der Waals surface area contributed by atoms with E-state index < -0.39 is 12.2 Å². The number of rotatable bonds is 17. The summed E-state index contributed by atoms with van der Waals surface area (Å²) < 4.78 is 30.7. The largest absolute Gasteiger partial charge is 0.394 e. The zero-order chi connectivity index (χ0) is 16.5. The predicted molar refractivity (Wildman–Crippen MR) is 79.0 cm³/mol. The summed E-state index contributed by atoms with van der Waals surface area (Å²) in [5, 5.41) is 19.1. The molecule has 0 rings (SSSR count). The molecule has 0 saturated carbocycles. The summed E-state index contributed by atoms with van der Waals surface area (Å²) >= 11 is 0. The summed E-state index contributed by atoms with van der Waals surface area (Å²) in [5.41, 5.74) is 0. The Morgan fingerprint density at radius 1 is 0.727 bits per heavy atom. The van der Waals surface area contributed by atoms with Gasteiger partial charge in [0.25, 0.3) is 0 Å². The van der Waals surface area contributed by atoms with Crippen molar-refractivity contribution in [3.8, 4) is 0 Å². The van der Waals surface area contributed by atoms with Crippen LogP contribution in [0.3, 0.4) is 0 Å². The van der Waals surface area contributed by atoms with E-state index in [-0.39, 0.29) is 19.8 Å². The summed E-state index contributed by atoms with van der Waals surface area (Å²) in [6, 6.07) is 0.